The van der Waals surface area contributed by atoms with E-state index >= 15 is 0 Å². The van der Waals surface area contributed by atoms with Gasteiger partial charge in [-0.15, -0.1) is 0 Å². The third-order valence-corrected chi connectivity index (χ3v) is 4.37. The highest BCUT2D eigenvalue weighted by molar-refractivity contribution is 5.80. The quantitative estimate of drug-likeness (QED) is 0.859. The van der Waals surface area contributed by atoms with E-state index in [1.807, 2.05) is 37.3 Å². The van der Waals surface area contributed by atoms with E-state index in [4.69, 9.17) is 0 Å². The minimum atomic E-state index is -0.986. The zero-order chi connectivity index (χ0) is 14.6. The maximum Gasteiger partial charge on any atom is 0.521 e. The normalized spacial score (nSPS) is 25.6. The van der Waals surface area contributed by atoms with Crippen LogP contribution in [0, 0.1) is 0 Å². The van der Waals surface area contributed by atoms with Crippen LogP contribution < -0.4 is 0 Å². The molecule has 0 aromatic heterocycles. The standard InChI is InChI=1S/C16H21NO3/c1-13-7-6-12-17(13,16(19)20)15(18)11-5-10-14-8-3-2-4-9-14/h2-4,8-9,13H,5-7,10-12H2,1H3/p+1/t13-,17?/m1/s1. The molecule has 2 rings (SSSR count). The van der Waals surface area contributed by atoms with Gasteiger partial charge >= 0.3 is 12.0 Å². The Balaban J connectivity index is 1.95. The van der Waals surface area contributed by atoms with E-state index in [-0.39, 0.29) is 16.4 Å². The number of amides is 2. The number of likely N-dealkylation sites (tertiary alicyclic amines) is 1. The van der Waals surface area contributed by atoms with Crippen LogP contribution in [0.4, 0.5) is 4.79 Å². The van der Waals surface area contributed by atoms with Gasteiger partial charge in [0.2, 0.25) is 0 Å². The van der Waals surface area contributed by atoms with Gasteiger partial charge in [-0.1, -0.05) is 30.3 Å². The van der Waals surface area contributed by atoms with Crippen LogP contribution in [0.25, 0.3) is 0 Å². The van der Waals surface area contributed by atoms with Gasteiger partial charge in [-0.2, -0.15) is 9.28 Å². The van der Waals surface area contributed by atoms with Crippen LogP contribution in [-0.4, -0.2) is 34.2 Å². The number of quaternary nitrogens is 1. The number of nitrogens with zero attached hydrogens (tertiary/aromatic N) is 1. The highest BCUT2D eigenvalue weighted by atomic mass is 16.4. The van der Waals surface area contributed by atoms with Gasteiger partial charge in [0.15, 0.2) is 0 Å². The first-order valence-corrected chi connectivity index (χ1v) is 7.26. The highest BCUT2D eigenvalue weighted by Gasteiger charge is 2.52. The van der Waals surface area contributed by atoms with Crippen LogP contribution in [0.5, 0.6) is 0 Å². The van der Waals surface area contributed by atoms with Crippen molar-refractivity contribution in [2.75, 3.05) is 6.54 Å². The molecule has 1 heterocycles. The van der Waals surface area contributed by atoms with Crippen molar-refractivity contribution >= 4 is 12.0 Å². The highest BCUT2D eigenvalue weighted by Crippen LogP contribution is 2.29. The van der Waals surface area contributed by atoms with Crippen molar-refractivity contribution in [1.29, 1.82) is 0 Å². The summed E-state index contributed by atoms with van der Waals surface area (Å²) in [6, 6.07) is 9.88. The summed E-state index contributed by atoms with van der Waals surface area (Å²) in [7, 11) is 0. The second-order valence-corrected chi connectivity index (χ2v) is 5.60. The molecule has 0 spiro atoms. The Labute approximate surface area is 119 Å². The van der Waals surface area contributed by atoms with Crippen LogP contribution in [0.1, 0.15) is 38.2 Å². The zero-order valence-electron chi connectivity index (χ0n) is 11.9. The Hall–Kier alpha value is -1.68. The second-order valence-electron chi connectivity index (χ2n) is 5.60. The molecule has 0 bridgehead atoms. The molecule has 1 saturated heterocycles. The van der Waals surface area contributed by atoms with E-state index in [1.54, 1.807) is 0 Å². The molecule has 4 heteroatoms. The van der Waals surface area contributed by atoms with Gasteiger partial charge in [0.05, 0.1) is 13.0 Å². The smallest absolute Gasteiger partial charge is 0.435 e. The van der Waals surface area contributed by atoms with E-state index < -0.39 is 6.09 Å². The maximum atomic E-state index is 12.4. The number of carboxylic acid groups (broad SMARTS) is 1. The molecule has 0 aliphatic carbocycles. The maximum absolute atomic E-state index is 12.4. The average Bonchev–Trinajstić information content (AvgIpc) is 2.83. The third kappa shape index (κ3) is 2.75. The van der Waals surface area contributed by atoms with Crippen molar-refractivity contribution in [2.24, 2.45) is 0 Å². The van der Waals surface area contributed by atoms with Crippen molar-refractivity contribution in [3.63, 3.8) is 0 Å². The van der Waals surface area contributed by atoms with E-state index in [9.17, 15) is 14.7 Å². The first-order valence-electron chi connectivity index (χ1n) is 7.26. The molecule has 1 aliphatic rings. The summed E-state index contributed by atoms with van der Waals surface area (Å²) >= 11 is 0. The molecule has 108 valence electrons. The Morgan fingerprint density at radius 1 is 1.30 bits per heavy atom. The number of imide groups is 1. The SMILES string of the molecule is C[C@@H]1CCC[N+]1(C(=O)O)C(=O)CCCc1ccccc1. The predicted octanol–water partition coefficient (Wildman–Crippen LogP) is 3.21. The summed E-state index contributed by atoms with van der Waals surface area (Å²) in [6.45, 7) is 2.32. The summed E-state index contributed by atoms with van der Waals surface area (Å²) in [5, 5.41) is 9.47. The van der Waals surface area contributed by atoms with Gasteiger partial charge in [-0.25, -0.2) is 4.79 Å². The van der Waals surface area contributed by atoms with Crippen molar-refractivity contribution in [2.45, 2.75) is 45.1 Å². The van der Waals surface area contributed by atoms with Gasteiger partial charge in [0, 0.05) is 12.8 Å². The number of benzene rings is 1. The van der Waals surface area contributed by atoms with Crippen LogP contribution in [0.3, 0.4) is 0 Å². The fourth-order valence-electron chi connectivity index (χ4n) is 3.13. The van der Waals surface area contributed by atoms with Crippen LogP contribution in [-0.2, 0) is 11.2 Å². The van der Waals surface area contributed by atoms with Gasteiger partial charge in [-0.05, 0) is 25.3 Å². The van der Waals surface area contributed by atoms with Crippen LogP contribution >= 0.6 is 0 Å². The molecular weight excluding hydrogens is 254 g/mol. The van der Waals surface area contributed by atoms with E-state index in [0.717, 1.165) is 19.3 Å². The minimum absolute atomic E-state index is 0.100. The molecule has 4 nitrogen and oxygen atoms in total. The van der Waals surface area contributed by atoms with Crippen molar-refractivity contribution in [1.82, 2.24) is 0 Å². The first kappa shape index (κ1) is 14.7. The lowest BCUT2D eigenvalue weighted by molar-refractivity contribution is -0.792. The van der Waals surface area contributed by atoms with E-state index in [2.05, 4.69) is 0 Å². The second kappa shape index (κ2) is 6.18. The van der Waals surface area contributed by atoms with Crippen LogP contribution in [0.2, 0.25) is 0 Å². The van der Waals surface area contributed by atoms with Crippen molar-refractivity contribution in [3.8, 4) is 0 Å². The average molecular weight is 276 g/mol. The Bertz CT molecular complexity index is 486. The molecule has 2 atom stereocenters. The van der Waals surface area contributed by atoms with Crippen molar-refractivity contribution < 1.29 is 19.2 Å². The van der Waals surface area contributed by atoms with Gasteiger partial charge in [-0.3, -0.25) is 0 Å². The molecule has 1 unspecified atom stereocenters. The Morgan fingerprint density at radius 2 is 2.00 bits per heavy atom. The molecule has 1 aliphatic heterocycles. The fraction of sp³-hybridized carbons (Fsp3) is 0.500. The Kier molecular flexibility index (Phi) is 4.55. The summed E-state index contributed by atoms with van der Waals surface area (Å²) in [4.78, 5) is 24.0. The lowest BCUT2D eigenvalue weighted by Gasteiger charge is -2.29. The fourth-order valence-corrected chi connectivity index (χ4v) is 3.13. The van der Waals surface area contributed by atoms with Crippen LogP contribution in [0.15, 0.2) is 30.3 Å². The molecule has 1 N–H and O–H groups in total. The first-order chi connectivity index (χ1) is 9.57. The number of aryl methyl sites for hydroxylation is 1. The lowest BCUT2D eigenvalue weighted by atomic mass is 10.1. The molecule has 1 aromatic carbocycles. The summed E-state index contributed by atoms with van der Waals surface area (Å²) in [5.74, 6) is -0.140. The number of carbonyl (C=O) groups excluding carboxylic acids is 1. The van der Waals surface area contributed by atoms with E-state index in [1.165, 1.54) is 5.56 Å². The molecule has 0 radical (unpaired) electrons. The van der Waals surface area contributed by atoms with Gasteiger partial charge in [0.25, 0.3) is 0 Å². The predicted molar refractivity (Wildman–Crippen MR) is 76.2 cm³/mol. The number of hydrogen-bond acceptors (Lipinski definition) is 2. The number of hydrogen-bond donors (Lipinski definition) is 1. The molecule has 1 aromatic rings. The van der Waals surface area contributed by atoms with Gasteiger partial charge < -0.3 is 5.11 Å². The minimum Gasteiger partial charge on any atom is -0.435 e. The summed E-state index contributed by atoms with van der Waals surface area (Å²) in [5.41, 5.74) is 1.19. The molecule has 2 amide bonds. The summed E-state index contributed by atoms with van der Waals surface area (Å²) < 4.78 is -0.366. The zero-order valence-corrected chi connectivity index (χ0v) is 11.9. The number of rotatable bonds is 4. The molecule has 20 heavy (non-hydrogen) atoms. The third-order valence-electron chi connectivity index (χ3n) is 4.37. The topological polar surface area (TPSA) is 54.4 Å². The number of carbonyl (C=O) groups is 2. The largest absolute Gasteiger partial charge is 0.521 e. The molecule has 0 saturated carbocycles. The van der Waals surface area contributed by atoms with Gasteiger partial charge in [0.1, 0.15) is 6.04 Å². The monoisotopic (exact) mass is 276 g/mol. The molecular formula is C16H22NO3+. The summed E-state index contributed by atoms with van der Waals surface area (Å²) in [6.07, 6.45) is 2.52. The molecule has 1 fully saturated rings. The lowest BCUT2D eigenvalue weighted by Crippen LogP contribution is -2.58. The Morgan fingerprint density at radius 3 is 2.55 bits per heavy atom. The van der Waals surface area contributed by atoms with Crippen molar-refractivity contribution in [3.05, 3.63) is 35.9 Å². The van der Waals surface area contributed by atoms with E-state index in [0.29, 0.717) is 19.4 Å².